The van der Waals surface area contributed by atoms with Crippen LogP contribution in [0.1, 0.15) is 46.6 Å². The molecule has 0 spiro atoms. The number of furan rings is 1. The maximum absolute atomic E-state index is 13.8. The molecule has 2 heterocycles. The van der Waals surface area contributed by atoms with Gasteiger partial charge in [-0.15, -0.1) is 0 Å². The van der Waals surface area contributed by atoms with Crippen LogP contribution >= 0.6 is 0 Å². The van der Waals surface area contributed by atoms with E-state index in [0.717, 1.165) is 16.7 Å². The van der Waals surface area contributed by atoms with E-state index in [1.165, 1.54) is 42.7 Å². The van der Waals surface area contributed by atoms with Crippen molar-refractivity contribution in [2.75, 3.05) is 11.9 Å². The van der Waals surface area contributed by atoms with E-state index < -0.39 is 18.0 Å². The molecule has 3 aromatic carbocycles. The van der Waals surface area contributed by atoms with Gasteiger partial charge in [-0.25, -0.2) is 8.78 Å². The molecule has 4 aromatic rings. The molecule has 0 aliphatic carbocycles. The van der Waals surface area contributed by atoms with Crippen molar-refractivity contribution in [3.05, 3.63) is 119 Å². The number of rotatable bonds is 7. The number of benzene rings is 3. The highest BCUT2D eigenvalue weighted by Gasteiger charge is 2.34. The van der Waals surface area contributed by atoms with Crippen LogP contribution in [0.2, 0.25) is 0 Å². The first-order valence-corrected chi connectivity index (χ1v) is 12.4. The molecule has 0 radical (unpaired) electrons. The number of ether oxygens (including phenoxy) is 1. The van der Waals surface area contributed by atoms with Gasteiger partial charge in [0.15, 0.2) is 11.9 Å². The summed E-state index contributed by atoms with van der Waals surface area (Å²) in [5.74, 6) is -0.715. The van der Waals surface area contributed by atoms with E-state index in [4.69, 9.17) is 9.15 Å². The maximum atomic E-state index is 13.8. The number of carbonyl (C=O) groups is 2. The van der Waals surface area contributed by atoms with Crippen LogP contribution in [-0.2, 0) is 11.2 Å². The lowest BCUT2D eigenvalue weighted by Gasteiger charge is -2.37. The number of nitrogens with zero attached hydrogens (tertiary/aromatic N) is 1. The zero-order valence-corrected chi connectivity index (χ0v) is 20.7. The monoisotopic (exact) mass is 516 g/mol. The maximum Gasteiger partial charge on any atom is 0.290 e. The molecule has 0 fully saturated rings. The number of hydrogen-bond donors (Lipinski definition) is 1. The van der Waals surface area contributed by atoms with Gasteiger partial charge >= 0.3 is 0 Å². The molecule has 6 nitrogen and oxygen atoms in total. The quantitative estimate of drug-likeness (QED) is 0.320. The molecule has 1 N–H and O–H groups in total. The zero-order valence-electron chi connectivity index (χ0n) is 20.7. The fraction of sp³-hybridized carbons (Fsp3) is 0.200. The third kappa shape index (κ3) is 5.29. The average Bonchev–Trinajstić information content (AvgIpc) is 3.47. The molecule has 1 aliphatic heterocycles. The largest absolute Gasteiger partial charge is 0.481 e. The van der Waals surface area contributed by atoms with Crippen molar-refractivity contribution in [2.24, 2.45) is 0 Å². The van der Waals surface area contributed by atoms with Crippen molar-refractivity contribution in [2.45, 2.75) is 31.9 Å². The summed E-state index contributed by atoms with van der Waals surface area (Å²) in [7, 11) is 0. The molecule has 2 unspecified atom stereocenters. The van der Waals surface area contributed by atoms with Gasteiger partial charge in [-0.1, -0.05) is 25.1 Å². The summed E-state index contributed by atoms with van der Waals surface area (Å²) in [6.45, 7) is 2.28. The molecule has 194 valence electrons. The Labute approximate surface area is 218 Å². The van der Waals surface area contributed by atoms with Gasteiger partial charge in [-0.2, -0.15) is 0 Å². The van der Waals surface area contributed by atoms with Gasteiger partial charge in [0.05, 0.1) is 12.3 Å². The number of amides is 2. The number of anilines is 1. The first kappa shape index (κ1) is 25.2. The van der Waals surface area contributed by atoms with E-state index in [-0.39, 0.29) is 23.4 Å². The second-order valence-electron chi connectivity index (χ2n) is 9.05. The van der Waals surface area contributed by atoms with Crippen molar-refractivity contribution >= 4 is 17.5 Å². The summed E-state index contributed by atoms with van der Waals surface area (Å²) in [5, 5.41) is 2.75. The first-order chi connectivity index (χ1) is 18.4. The molecule has 5 rings (SSSR count). The van der Waals surface area contributed by atoms with Crippen molar-refractivity contribution < 1.29 is 27.5 Å². The molecule has 0 saturated heterocycles. The van der Waals surface area contributed by atoms with Crippen LogP contribution in [-0.4, -0.2) is 29.4 Å². The number of halogens is 2. The second kappa shape index (κ2) is 10.9. The lowest BCUT2D eigenvalue weighted by molar-refractivity contribution is -0.122. The summed E-state index contributed by atoms with van der Waals surface area (Å²) in [6, 6.07) is 19.9. The molecule has 1 aliphatic rings. The van der Waals surface area contributed by atoms with E-state index in [1.807, 2.05) is 19.1 Å². The van der Waals surface area contributed by atoms with E-state index in [2.05, 4.69) is 5.32 Å². The van der Waals surface area contributed by atoms with E-state index in [1.54, 1.807) is 35.2 Å². The van der Waals surface area contributed by atoms with Crippen LogP contribution in [0.15, 0.2) is 89.5 Å². The van der Waals surface area contributed by atoms with Crippen molar-refractivity contribution in [1.29, 1.82) is 0 Å². The fourth-order valence-electron chi connectivity index (χ4n) is 4.67. The van der Waals surface area contributed by atoms with Gasteiger partial charge in [0.25, 0.3) is 11.8 Å². The van der Waals surface area contributed by atoms with Gasteiger partial charge in [0.2, 0.25) is 0 Å². The number of nitrogens with one attached hydrogen (secondary N) is 1. The summed E-state index contributed by atoms with van der Waals surface area (Å²) < 4.78 is 38.4. The lowest BCUT2D eigenvalue weighted by atomic mass is 9.87. The van der Waals surface area contributed by atoms with Gasteiger partial charge in [-0.3, -0.25) is 9.59 Å². The normalized spacial score (nSPS) is 15.4. The molecular formula is C30H26F2N2O4. The second-order valence-corrected chi connectivity index (χ2v) is 9.05. The lowest BCUT2D eigenvalue weighted by Crippen LogP contribution is -2.40. The Bertz CT molecular complexity index is 1420. The minimum absolute atomic E-state index is 0.219. The van der Waals surface area contributed by atoms with Gasteiger partial charge in [0.1, 0.15) is 17.4 Å². The summed E-state index contributed by atoms with van der Waals surface area (Å²) >= 11 is 0. The molecular weight excluding hydrogens is 490 g/mol. The molecule has 2 amide bonds. The van der Waals surface area contributed by atoms with Crippen molar-refractivity contribution in [3.8, 4) is 5.75 Å². The van der Waals surface area contributed by atoms with Crippen molar-refractivity contribution in [3.63, 3.8) is 0 Å². The minimum atomic E-state index is -0.799. The van der Waals surface area contributed by atoms with Crippen molar-refractivity contribution in [1.82, 2.24) is 4.90 Å². The van der Waals surface area contributed by atoms with Gasteiger partial charge in [0, 0.05) is 12.2 Å². The predicted octanol–water partition coefficient (Wildman–Crippen LogP) is 6.14. The van der Waals surface area contributed by atoms with Crippen LogP contribution < -0.4 is 10.1 Å². The highest BCUT2D eigenvalue weighted by molar-refractivity contribution is 5.94. The Morgan fingerprint density at radius 1 is 1.03 bits per heavy atom. The molecule has 0 saturated carbocycles. The fourth-order valence-corrected chi connectivity index (χ4v) is 4.67. The third-order valence-corrected chi connectivity index (χ3v) is 6.58. The molecule has 8 heteroatoms. The summed E-state index contributed by atoms with van der Waals surface area (Å²) in [4.78, 5) is 28.0. The molecule has 0 bridgehead atoms. The zero-order chi connectivity index (χ0) is 26.6. The Morgan fingerprint density at radius 2 is 1.74 bits per heavy atom. The summed E-state index contributed by atoms with van der Waals surface area (Å²) in [6.07, 6.45) is 1.66. The molecule has 2 atom stereocenters. The Morgan fingerprint density at radius 3 is 2.39 bits per heavy atom. The van der Waals surface area contributed by atoms with E-state index >= 15 is 0 Å². The van der Waals surface area contributed by atoms with E-state index in [0.29, 0.717) is 30.8 Å². The predicted molar refractivity (Wildman–Crippen MR) is 138 cm³/mol. The highest BCUT2D eigenvalue weighted by Crippen LogP contribution is 2.38. The van der Waals surface area contributed by atoms with Gasteiger partial charge < -0.3 is 19.4 Å². The minimum Gasteiger partial charge on any atom is -0.481 e. The number of carbonyl (C=O) groups excluding carboxylic acids is 2. The summed E-state index contributed by atoms with van der Waals surface area (Å²) in [5.41, 5.74) is 3.06. The van der Waals surface area contributed by atoms with Crippen LogP contribution in [0.25, 0.3) is 0 Å². The standard InChI is InChI=1S/C30H26F2N2O4/c1-2-26(29(35)33-23-12-10-22(32)11-13-23)38-24-14-7-19-15-16-34(30(36)27-4-3-17-37-27)28(25(19)18-24)20-5-8-21(31)9-6-20/h3-14,17-18,26,28H,2,15-16H2,1H3,(H,33,35). The van der Waals surface area contributed by atoms with Gasteiger partial charge in [-0.05, 0) is 90.2 Å². The van der Waals surface area contributed by atoms with Crippen LogP contribution in [0, 0.1) is 11.6 Å². The molecule has 1 aromatic heterocycles. The van der Waals surface area contributed by atoms with Crippen LogP contribution in [0.3, 0.4) is 0 Å². The highest BCUT2D eigenvalue weighted by atomic mass is 19.1. The third-order valence-electron chi connectivity index (χ3n) is 6.58. The number of hydrogen-bond acceptors (Lipinski definition) is 4. The molecule has 38 heavy (non-hydrogen) atoms. The Kier molecular flexibility index (Phi) is 7.22. The Hall–Kier alpha value is -4.46. The van der Waals surface area contributed by atoms with E-state index in [9.17, 15) is 18.4 Å². The first-order valence-electron chi connectivity index (χ1n) is 12.4. The van der Waals surface area contributed by atoms with Crippen LogP contribution in [0.5, 0.6) is 5.75 Å². The smallest absolute Gasteiger partial charge is 0.290 e. The van der Waals surface area contributed by atoms with Crippen LogP contribution in [0.4, 0.5) is 14.5 Å². The average molecular weight is 517 g/mol. The SMILES string of the molecule is CCC(Oc1ccc2c(c1)C(c1ccc(F)cc1)N(C(=O)c1ccco1)CC2)C(=O)Nc1ccc(F)cc1. The number of fused-ring (bicyclic) bond motifs is 1. The Balaban J connectivity index is 1.45. The topological polar surface area (TPSA) is 71.8 Å².